The third-order valence-corrected chi connectivity index (χ3v) is 5.53. The number of rotatable bonds is 3. The Bertz CT molecular complexity index is 1310. The van der Waals surface area contributed by atoms with Gasteiger partial charge in [-0.25, -0.2) is 17.6 Å². The summed E-state index contributed by atoms with van der Waals surface area (Å²) in [6.07, 6.45) is 2.33. The summed E-state index contributed by atoms with van der Waals surface area (Å²) in [7, 11) is 0. The monoisotopic (exact) mass is 445 g/mol. The highest BCUT2D eigenvalue weighted by molar-refractivity contribution is 5.94. The number of carbonyl (C=O) groups excluding carboxylic acids is 1. The van der Waals surface area contributed by atoms with Gasteiger partial charge in [0.25, 0.3) is 0 Å². The molecule has 4 aromatic rings. The predicted molar refractivity (Wildman–Crippen MR) is 105 cm³/mol. The van der Waals surface area contributed by atoms with E-state index in [1.165, 1.54) is 23.2 Å². The van der Waals surface area contributed by atoms with Crippen LogP contribution in [-0.2, 0) is 4.79 Å². The van der Waals surface area contributed by atoms with Crippen LogP contribution in [0.2, 0.25) is 0 Å². The van der Waals surface area contributed by atoms with Crippen molar-refractivity contribution in [2.24, 2.45) is 0 Å². The molecule has 11 heteroatoms. The molecule has 2 aromatic carbocycles. The Kier molecular flexibility index (Phi) is 4.87. The maximum atomic E-state index is 13.9. The molecule has 0 bridgehead atoms. The van der Waals surface area contributed by atoms with E-state index < -0.39 is 35.1 Å². The number of aromatic nitrogens is 4. The van der Waals surface area contributed by atoms with Crippen molar-refractivity contribution in [3.8, 4) is 11.4 Å². The largest absolute Gasteiger partial charge is 0.339 e. The molecule has 1 fully saturated rings. The van der Waals surface area contributed by atoms with Gasteiger partial charge in [0.05, 0.1) is 17.1 Å². The van der Waals surface area contributed by atoms with Crippen molar-refractivity contribution in [1.82, 2.24) is 20.3 Å². The fraction of sp³-hybridized carbons (Fsp3) is 0.238. The molecule has 32 heavy (non-hydrogen) atoms. The first kappa shape index (κ1) is 20.2. The van der Waals surface area contributed by atoms with Crippen LogP contribution in [0.3, 0.4) is 0 Å². The highest BCUT2D eigenvalue weighted by Gasteiger charge is 2.30. The summed E-state index contributed by atoms with van der Waals surface area (Å²) in [5.41, 5.74) is 0.861. The summed E-state index contributed by atoms with van der Waals surface area (Å²) < 4.78 is 59.8. The second-order valence-corrected chi connectivity index (χ2v) is 7.52. The van der Waals surface area contributed by atoms with Crippen LogP contribution in [0.25, 0.3) is 22.3 Å². The second-order valence-electron chi connectivity index (χ2n) is 7.52. The van der Waals surface area contributed by atoms with Crippen LogP contribution in [0.4, 0.5) is 23.2 Å². The first-order valence-corrected chi connectivity index (χ1v) is 9.83. The molecule has 5 rings (SSSR count). The third-order valence-electron chi connectivity index (χ3n) is 5.53. The molecule has 1 amide bonds. The molecule has 1 unspecified atom stereocenters. The number of carbonyl (C=O) groups is 1. The van der Waals surface area contributed by atoms with Gasteiger partial charge in [0, 0.05) is 42.3 Å². The van der Waals surface area contributed by atoms with Gasteiger partial charge in [0.1, 0.15) is 5.82 Å². The van der Waals surface area contributed by atoms with Gasteiger partial charge in [-0.1, -0.05) is 5.16 Å². The van der Waals surface area contributed by atoms with Crippen molar-refractivity contribution in [2.75, 3.05) is 11.4 Å². The van der Waals surface area contributed by atoms with E-state index in [9.17, 15) is 22.4 Å². The minimum absolute atomic E-state index is 0.0366. The van der Waals surface area contributed by atoms with Gasteiger partial charge in [-0.15, -0.1) is 0 Å². The van der Waals surface area contributed by atoms with Crippen molar-refractivity contribution in [3.63, 3.8) is 0 Å². The molecule has 0 aliphatic carbocycles. The molecular formula is C21H15F4N5O2. The first-order valence-electron chi connectivity index (χ1n) is 9.83. The van der Waals surface area contributed by atoms with Gasteiger partial charge in [0.15, 0.2) is 17.5 Å². The molecular weight excluding hydrogens is 430 g/mol. The van der Waals surface area contributed by atoms with Gasteiger partial charge in [-0.3, -0.25) is 9.89 Å². The number of hydrogen-bond acceptors (Lipinski definition) is 5. The zero-order valence-electron chi connectivity index (χ0n) is 16.4. The van der Waals surface area contributed by atoms with E-state index in [0.29, 0.717) is 23.9 Å². The summed E-state index contributed by atoms with van der Waals surface area (Å²) >= 11 is 0. The van der Waals surface area contributed by atoms with Crippen LogP contribution in [0.15, 0.2) is 35.0 Å². The van der Waals surface area contributed by atoms with E-state index in [-0.39, 0.29) is 35.8 Å². The standard InChI is InChI=1S/C21H15F4N5O2/c22-14-4-3-12(19-13(14)9-26-28-19)20-27-21(32-29-20)10-2-1-5-30(17(31)6-10)11-7-15(23)18(25)16(24)8-11/h3-4,7-10H,1-2,5-6H2,(H,26,28). The number of nitrogens with one attached hydrogen (secondary N) is 1. The lowest BCUT2D eigenvalue weighted by atomic mass is 10.0. The molecule has 2 aromatic heterocycles. The highest BCUT2D eigenvalue weighted by atomic mass is 19.2. The van der Waals surface area contributed by atoms with Crippen LogP contribution in [0.1, 0.15) is 31.1 Å². The van der Waals surface area contributed by atoms with E-state index in [1.54, 1.807) is 0 Å². The van der Waals surface area contributed by atoms with Crippen LogP contribution >= 0.6 is 0 Å². The molecule has 164 valence electrons. The van der Waals surface area contributed by atoms with E-state index >= 15 is 0 Å². The summed E-state index contributed by atoms with van der Waals surface area (Å²) in [5, 5.41) is 10.8. The summed E-state index contributed by atoms with van der Waals surface area (Å²) in [6, 6.07) is 4.37. The topological polar surface area (TPSA) is 87.9 Å². The molecule has 3 heterocycles. The van der Waals surface area contributed by atoms with Crippen LogP contribution in [0.5, 0.6) is 0 Å². The number of H-pyrrole nitrogens is 1. The Morgan fingerprint density at radius 3 is 2.66 bits per heavy atom. The minimum atomic E-state index is -1.58. The van der Waals surface area contributed by atoms with Gasteiger partial charge >= 0.3 is 0 Å². The molecule has 1 aliphatic rings. The van der Waals surface area contributed by atoms with E-state index in [0.717, 1.165) is 12.1 Å². The van der Waals surface area contributed by atoms with Crippen molar-refractivity contribution < 1.29 is 26.9 Å². The lowest BCUT2D eigenvalue weighted by Crippen LogP contribution is -2.30. The number of fused-ring (bicyclic) bond motifs is 1. The zero-order valence-corrected chi connectivity index (χ0v) is 16.4. The summed E-state index contributed by atoms with van der Waals surface area (Å²) in [4.78, 5) is 18.4. The van der Waals surface area contributed by atoms with Crippen LogP contribution in [0, 0.1) is 23.3 Å². The van der Waals surface area contributed by atoms with Gasteiger partial charge < -0.3 is 9.42 Å². The normalized spacial score (nSPS) is 17.2. The van der Waals surface area contributed by atoms with Crippen LogP contribution in [-0.4, -0.2) is 32.8 Å². The molecule has 0 radical (unpaired) electrons. The third kappa shape index (κ3) is 3.39. The van der Waals surface area contributed by atoms with Crippen LogP contribution < -0.4 is 4.90 Å². The Labute approximate surface area is 178 Å². The molecule has 1 saturated heterocycles. The number of halogens is 4. The van der Waals surface area contributed by atoms with E-state index in [1.807, 2.05) is 0 Å². The molecule has 0 spiro atoms. The van der Waals surface area contributed by atoms with E-state index in [4.69, 9.17) is 4.52 Å². The average Bonchev–Trinajstić information content (AvgIpc) is 3.41. The molecule has 1 aliphatic heterocycles. The maximum absolute atomic E-state index is 13.9. The quantitative estimate of drug-likeness (QED) is 0.371. The molecule has 1 atom stereocenters. The lowest BCUT2D eigenvalue weighted by Gasteiger charge is -2.21. The highest BCUT2D eigenvalue weighted by Crippen LogP contribution is 2.33. The van der Waals surface area contributed by atoms with Crippen molar-refractivity contribution in [3.05, 3.63) is 59.6 Å². The molecule has 0 saturated carbocycles. The van der Waals surface area contributed by atoms with Crippen molar-refractivity contribution in [1.29, 1.82) is 0 Å². The average molecular weight is 445 g/mol. The van der Waals surface area contributed by atoms with Gasteiger partial charge in [0.2, 0.25) is 17.6 Å². The van der Waals surface area contributed by atoms with Gasteiger partial charge in [-0.2, -0.15) is 10.1 Å². The fourth-order valence-electron chi connectivity index (χ4n) is 3.92. The fourth-order valence-corrected chi connectivity index (χ4v) is 3.92. The number of anilines is 1. The zero-order chi connectivity index (χ0) is 22.4. The Morgan fingerprint density at radius 2 is 1.88 bits per heavy atom. The number of benzene rings is 2. The lowest BCUT2D eigenvalue weighted by molar-refractivity contribution is -0.118. The maximum Gasteiger partial charge on any atom is 0.230 e. The Balaban J connectivity index is 1.40. The number of nitrogens with zero attached hydrogens (tertiary/aromatic N) is 4. The second kappa shape index (κ2) is 7.74. The number of aromatic amines is 1. The molecule has 1 N–H and O–H groups in total. The number of hydrogen-bond donors (Lipinski definition) is 1. The smallest absolute Gasteiger partial charge is 0.230 e. The first-order chi connectivity index (χ1) is 15.4. The SMILES string of the molecule is O=C1CC(c2nc(-c3ccc(F)c4cn[nH]c34)no2)CCCN1c1cc(F)c(F)c(F)c1. The van der Waals surface area contributed by atoms with Crippen molar-refractivity contribution >= 4 is 22.5 Å². The molecule has 7 nitrogen and oxygen atoms in total. The minimum Gasteiger partial charge on any atom is -0.339 e. The van der Waals surface area contributed by atoms with Crippen molar-refractivity contribution in [2.45, 2.75) is 25.2 Å². The Hall–Kier alpha value is -3.76. The number of amides is 1. The Morgan fingerprint density at radius 1 is 1.09 bits per heavy atom. The summed E-state index contributed by atoms with van der Waals surface area (Å²) in [6.45, 7) is 0.202. The summed E-state index contributed by atoms with van der Waals surface area (Å²) in [5.74, 6) is -5.13. The van der Waals surface area contributed by atoms with Gasteiger partial charge in [-0.05, 0) is 25.0 Å². The predicted octanol–water partition coefficient (Wildman–Crippen LogP) is 4.47. The van der Waals surface area contributed by atoms with E-state index in [2.05, 4.69) is 20.3 Å².